The third-order valence-electron chi connectivity index (χ3n) is 3.77. The molecule has 1 aliphatic heterocycles. The Labute approximate surface area is 155 Å². The lowest BCUT2D eigenvalue weighted by atomic mass is 10.2. The van der Waals surface area contributed by atoms with Crippen LogP contribution in [-0.2, 0) is 19.1 Å². The Morgan fingerprint density at radius 3 is 2.62 bits per heavy atom. The molecule has 26 heavy (non-hydrogen) atoms. The van der Waals surface area contributed by atoms with Gasteiger partial charge in [0.05, 0.1) is 17.9 Å². The number of thioether (sulfide) groups is 1. The van der Waals surface area contributed by atoms with Gasteiger partial charge in [0.15, 0.2) is 6.61 Å². The fourth-order valence-electron chi connectivity index (χ4n) is 2.54. The van der Waals surface area contributed by atoms with Crippen LogP contribution >= 0.6 is 11.8 Å². The Morgan fingerprint density at radius 1 is 1.08 bits per heavy atom. The summed E-state index contributed by atoms with van der Waals surface area (Å²) in [7, 11) is 0. The van der Waals surface area contributed by atoms with Crippen LogP contribution in [0.1, 0.15) is 6.42 Å². The average molecular weight is 370 g/mol. The first-order chi connectivity index (χ1) is 12.6. The number of amides is 2. The van der Waals surface area contributed by atoms with Gasteiger partial charge in [-0.05, 0) is 24.3 Å². The van der Waals surface area contributed by atoms with Crippen LogP contribution in [0.4, 0.5) is 11.4 Å². The molecule has 1 heterocycles. The number of carbonyl (C=O) groups excluding carboxylic acids is 3. The van der Waals surface area contributed by atoms with Crippen molar-refractivity contribution in [2.45, 2.75) is 11.3 Å². The van der Waals surface area contributed by atoms with Crippen LogP contribution in [0.15, 0.2) is 59.5 Å². The van der Waals surface area contributed by atoms with Gasteiger partial charge in [0, 0.05) is 17.1 Å². The fraction of sp³-hybridized carbons (Fsp3) is 0.211. The molecular weight excluding hydrogens is 352 g/mol. The number of fused-ring (bicyclic) bond motifs is 1. The normalized spacial score (nSPS) is 13.1. The van der Waals surface area contributed by atoms with E-state index in [1.54, 1.807) is 29.2 Å². The van der Waals surface area contributed by atoms with E-state index in [0.29, 0.717) is 11.4 Å². The van der Waals surface area contributed by atoms with Crippen LogP contribution in [0, 0.1) is 0 Å². The van der Waals surface area contributed by atoms with Crippen LogP contribution < -0.4 is 10.2 Å². The van der Waals surface area contributed by atoms with Crippen LogP contribution in [0.3, 0.4) is 0 Å². The molecule has 0 aromatic heterocycles. The highest BCUT2D eigenvalue weighted by atomic mass is 32.2. The molecule has 2 aromatic carbocycles. The van der Waals surface area contributed by atoms with Crippen LogP contribution in [-0.4, -0.2) is 36.7 Å². The fourth-order valence-corrected chi connectivity index (χ4v) is 3.47. The van der Waals surface area contributed by atoms with Crippen molar-refractivity contribution in [2.24, 2.45) is 0 Å². The molecule has 6 nitrogen and oxygen atoms in total. The maximum atomic E-state index is 12.1. The summed E-state index contributed by atoms with van der Waals surface area (Å²) in [6.45, 7) is -0.121. The summed E-state index contributed by atoms with van der Waals surface area (Å²) in [4.78, 5) is 38.4. The van der Waals surface area contributed by atoms with Gasteiger partial charge >= 0.3 is 5.97 Å². The minimum absolute atomic E-state index is 0.0311. The predicted molar refractivity (Wildman–Crippen MR) is 100 cm³/mol. The van der Waals surface area contributed by atoms with E-state index in [9.17, 15) is 14.4 Å². The molecule has 3 rings (SSSR count). The maximum absolute atomic E-state index is 12.1. The minimum Gasteiger partial charge on any atom is -0.456 e. The molecule has 2 aromatic rings. The predicted octanol–water partition coefficient (Wildman–Crippen LogP) is 2.70. The van der Waals surface area contributed by atoms with Crippen molar-refractivity contribution in [1.82, 2.24) is 0 Å². The van der Waals surface area contributed by atoms with Gasteiger partial charge in [0.2, 0.25) is 5.91 Å². The molecule has 0 aliphatic carbocycles. The number of carbonyl (C=O) groups is 3. The summed E-state index contributed by atoms with van der Waals surface area (Å²) in [5.74, 6) is -0.605. The van der Waals surface area contributed by atoms with Crippen molar-refractivity contribution < 1.29 is 19.1 Å². The highest BCUT2D eigenvalue weighted by molar-refractivity contribution is 8.00. The highest BCUT2D eigenvalue weighted by Crippen LogP contribution is 2.34. The molecule has 1 N–H and O–H groups in total. The number of esters is 1. The van der Waals surface area contributed by atoms with Gasteiger partial charge in [-0.2, -0.15) is 0 Å². The summed E-state index contributed by atoms with van der Waals surface area (Å²) in [5.41, 5.74) is 1.45. The Kier molecular flexibility index (Phi) is 5.91. The monoisotopic (exact) mass is 370 g/mol. The Balaban J connectivity index is 1.47. The number of nitrogens with zero attached hydrogens (tertiary/aromatic N) is 1. The maximum Gasteiger partial charge on any atom is 0.308 e. The number of benzene rings is 2. The Hall–Kier alpha value is -2.80. The summed E-state index contributed by atoms with van der Waals surface area (Å²) in [5, 5.41) is 2.64. The second-order valence-corrected chi connectivity index (χ2v) is 6.64. The molecule has 0 atom stereocenters. The molecule has 0 saturated heterocycles. The van der Waals surface area contributed by atoms with E-state index in [4.69, 9.17) is 4.74 Å². The summed E-state index contributed by atoms with van der Waals surface area (Å²) >= 11 is 1.49. The lowest BCUT2D eigenvalue weighted by Gasteiger charge is -2.28. The zero-order chi connectivity index (χ0) is 18.4. The SMILES string of the molecule is O=C(COC(=O)CCN1C(=O)CSc2ccccc21)Nc1ccccc1. The lowest BCUT2D eigenvalue weighted by molar-refractivity contribution is -0.147. The van der Waals surface area contributed by atoms with E-state index in [2.05, 4.69) is 5.32 Å². The van der Waals surface area contributed by atoms with Gasteiger partial charge in [0.25, 0.3) is 5.91 Å². The molecule has 0 unspecified atom stereocenters. The molecule has 0 bridgehead atoms. The van der Waals surface area contributed by atoms with Gasteiger partial charge in [0.1, 0.15) is 0 Å². The third kappa shape index (κ3) is 4.64. The molecule has 7 heteroatoms. The molecule has 0 radical (unpaired) electrons. The third-order valence-corrected chi connectivity index (χ3v) is 4.82. The molecule has 0 saturated carbocycles. The van der Waals surface area contributed by atoms with Crippen molar-refractivity contribution in [3.63, 3.8) is 0 Å². The number of ether oxygens (including phenoxy) is 1. The van der Waals surface area contributed by atoms with Gasteiger partial charge in [-0.25, -0.2) is 0 Å². The quantitative estimate of drug-likeness (QED) is 0.792. The number of hydrogen-bond donors (Lipinski definition) is 1. The van der Waals surface area contributed by atoms with Crippen molar-refractivity contribution in [3.8, 4) is 0 Å². The van der Waals surface area contributed by atoms with Gasteiger partial charge in [-0.15, -0.1) is 11.8 Å². The van der Waals surface area contributed by atoms with Crippen LogP contribution in [0.5, 0.6) is 0 Å². The van der Waals surface area contributed by atoms with Crippen molar-refractivity contribution in [2.75, 3.05) is 29.1 Å². The zero-order valence-electron chi connectivity index (χ0n) is 14.0. The van der Waals surface area contributed by atoms with Gasteiger partial charge < -0.3 is 15.0 Å². The molecule has 134 valence electrons. The summed E-state index contributed by atoms with van der Waals surface area (Å²) in [6, 6.07) is 16.5. The van der Waals surface area contributed by atoms with Gasteiger partial charge in [-0.1, -0.05) is 30.3 Å². The smallest absolute Gasteiger partial charge is 0.308 e. The van der Waals surface area contributed by atoms with E-state index in [-0.39, 0.29) is 25.5 Å². The minimum atomic E-state index is -0.517. The van der Waals surface area contributed by atoms with Crippen molar-refractivity contribution in [3.05, 3.63) is 54.6 Å². The van der Waals surface area contributed by atoms with Crippen molar-refractivity contribution in [1.29, 1.82) is 0 Å². The summed E-state index contributed by atoms with van der Waals surface area (Å²) < 4.78 is 5.00. The van der Waals surface area contributed by atoms with Gasteiger partial charge in [-0.3, -0.25) is 14.4 Å². The number of hydrogen-bond acceptors (Lipinski definition) is 5. The summed E-state index contributed by atoms with van der Waals surface area (Å²) in [6.07, 6.45) is 0.0311. The largest absolute Gasteiger partial charge is 0.456 e. The molecule has 2 amide bonds. The van der Waals surface area contributed by atoms with E-state index in [1.807, 2.05) is 30.3 Å². The van der Waals surface area contributed by atoms with E-state index >= 15 is 0 Å². The molecule has 0 fully saturated rings. The van der Waals surface area contributed by atoms with Crippen LogP contribution in [0.25, 0.3) is 0 Å². The number of anilines is 2. The average Bonchev–Trinajstić information content (AvgIpc) is 2.66. The first-order valence-corrected chi connectivity index (χ1v) is 9.15. The number of para-hydroxylation sites is 2. The Morgan fingerprint density at radius 2 is 1.81 bits per heavy atom. The first kappa shape index (κ1) is 18.0. The lowest BCUT2D eigenvalue weighted by Crippen LogP contribution is -2.37. The van der Waals surface area contributed by atoms with Crippen LogP contribution in [0.2, 0.25) is 0 Å². The highest BCUT2D eigenvalue weighted by Gasteiger charge is 2.24. The van der Waals surface area contributed by atoms with E-state index in [1.165, 1.54) is 11.8 Å². The standard InChI is InChI=1S/C19H18N2O4S/c22-17(20-14-6-2-1-3-7-14)12-25-19(24)10-11-21-15-8-4-5-9-16(15)26-13-18(21)23/h1-9H,10-13H2,(H,20,22). The molecular formula is C19H18N2O4S. The van der Waals surface area contributed by atoms with E-state index < -0.39 is 11.9 Å². The molecule has 1 aliphatic rings. The number of nitrogens with one attached hydrogen (secondary N) is 1. The number of rotatable bonds is 6. The second kappa shape index (κ2) is 8.53. The zero-order valence-corrected chi connectivity index (χ0v) is 14.8. The Bertz CT molecular complexity index is 810. The van der Waals surface area contributed by atoms with E-state index in [0.717, 1.165) is 10.6 Å². The topological polar surface area (TPSA) is 75.7 Å². The second-order valence-electron chi connectivity index (χ2n) is 5.63. The van der Waals surface area contributed by atoms with Crippen molar-refractivity contribution >= 4 is 40.9 Å². The molecule has 0 spiro atoms. The first-order valence-electron chi connectivity index (χ1n) is 8.16.